The van der Waals surface area contributed by atoms with E-state index in [4.69, 9.17) is 0 Å². The number of nitrogens with one attached hydrogen (secondary N) is 1. The smallest absolute Gasteiger partial charge is 0.200 e. The molecular weight excluding hydrogens is 408 g/mol. The zero-order valence-electron chi connectivity index (χ0n) is 14.4. The molecule has 0 radical (unpaired) electrons. The van der Waals surface area contributed by atoms with E-state index < -0.39 is 69.3 Å². The molecule has 2 rings (SSSR count). The van der Waals surface area contributed by atoms with Crippen LogP contribution in [0.1, 0.15) is 20.3 Å². The van der Waals surface area contributed by atoms with Crippen molar-refractivity contribution in [2.24, 2.45) is 0 Å². The molecule has 0 heterocycles. The maximum absolute atomic E-state index is 13.4. The van der Waals surface area contributed by atoms with Gasteiger partial charge in [0.15, 0.2) is 46.5 Å². The summed E-state index contributed by atoms with van der Waals surface area (Å²) in [6, 6.07) is 0. The topological polar surface area (TPSA) is 12.0 Å². The fourth-order valence-corrected chi connectivity index (χ4v) is 2.00. The van der Waals surface area contributed by atoms with Crippen molar-refractivity contribution < 1.29 is 43.9 Å². The molecule has 0 aliphatic heterocycles. The molecule has 0 saturated heterocycles. The van der Waals surface area contributed by atoms with Gasteiger partial charge in [-0.1, -0.05) is 13.8 Å². The third-order valence-corrected chi connectivity index (χ3v) is 3.35. The second-order valence-corrected chi connectivity index (χ2v) is 5.24. The van der Waals surface area contributed by atoms with Crippen molar-refractivity contribution in [3.63, 3.8) is 0 Å². The first kappa shape index (κ1) is 23.7. The van der Waals surface area contributed by atoms with Gasteiger partial charge >= 0.3 is 0 Å². The molecule has 0 bridgehead atoms. The Morgan fingerprint density at radius 1 is 0.464 bits per heavy atom. The van der Waals surface area contributed by atoms with Crippen LogP contribution in [-0.2, 0) is 0 Å². The molecule has 0 spiro atoms. The molecule has 0 saturated carbocycles. The summed E-state index contributed by atoms with van der Waals surface area (Å²) in [4.78, 5) is 0. The number of benzene rings is 2. The van der Waals surface area contributed by atoms with Crippen LogP contribution < -0.4 is 5.32 Å². The van der Waals surface area contributed by atoms with Crippen LogP contribution in [0.2, 0.25) is 0 Å². The van der Waals surface area contributed by atoms with Crippen LogP contribution in [0.25, 0.3) is 11.1 Å². The van der Waals surface area contributed by atoms with Crippen LogP contribution in [0, 0.1) is 58.2 Å². The summed E-state index contributed by atoms with van der Waals surface area (Å²) in [5.74, 6) is -26.6. The van der Waals surface area contributed by atoms with Gasteiger partial charge < -0.3 is 5.32 Å². The highest BCUT2D eigenvalue weighted by Crippen LogP contribution is 2.37. The Balaban J connectivity index is 0.000000568. The molecule has 1 nitrogen and oxygen atoms in total. The molecule has 11 heteroatoms. The summed E-state index contributed by atoms with van der Waals surface area (Å²) in [7, 11) is 0. The molecule has 0 aromatic heterocycles. The van der Waals surface area contributed by atoms with Crippen LogP contribution in [0.3, 0.4) is 0 Å². The van der Waals surface area contributed by atoms with E-state index >= 15 is 0 Å². The highest BCUT2D eigenvalue weighted by molar-refractivity contribution is 5.67. The fraction of sp³-hybridized carbons (Fsp3) is 0.294. The Bertz CT molecular complexity index is 736. The molecule has 0 amide bonds. The van der Waals surface area contributed by atoms with Crippen LogP contribution in [-0.4, -0.2) is 13.1 Å². The molecule has 0 unspecified atom stereocenters. The van der Waals surface area contributed by atoms with Crippen LogP contribution in [0.4, 0.5) is 43.9 Å². The Morgan fingerprint density at radius 2 is 0.714 bits per heavy atom. The molecule has 0 fully saturated rings. The van der Waals surface area contributed by atoms with E-state index in [1.165, 1.54) is 6.42 Å². The number of halogens is 10. The number of rotatable bonds is 4. The van der Waals surface area contributed by atoms with Crippen molar-refractivity contribution >= 4 is 0 Å². The molecule has 1 N–H and O–H groups in total. The Hall–Kier alpha value is -2.30. The van der Waals surface area contributed by atoms with Gasteiger partial charge in [-0.3, -0.25) is 0 Å². The van der Waals surface area contributed by atoms with Crippen molar-refractivity contribution in [3.8, 4) is 11.1 Å². The molecule has 0 atom stereocenters. The summed E-state index contributed by atoms with van der Waals surface area (Å²) in [6.45, 7) is 6.56. The molecule has 156 valence electrons. The highest BCUT2D eigenvalue weighted by atomic mass is 19.2. The summed E-state index contributed by atoms with van der Waals surface area (Å²) in [5, 5.41) is 3.20. The predicted molar refractivity (Wildman–Crippen MR) is 80.3 cm³/mol. The van der Waals surface area contributed by atoms with Crippen molar-refractivity contribution in [1.82, 2.24) is 5.32 Å². The maximum Gasteiger partial charge on any atom is 0.200 e. The van der Waals surface area contributed by atoms with E-state index in [1.807, 2.05) is 0 Å². The lowest BCUT2D eigenvalue weighted by atomic mass is 10.0. The van der Waals surface area contributed by atoms with Crippen molar-refractivity contribution in [2.75, 3.05) is 13.1 Å². The summed E-state index contributed by atoms with van der Waals surface area (Å²) >= 11 is 0. The fourth-order valence-electron chi connectivity index (χ4n) is 2.00. The van der Waals surface area contributed by atoms with Gasteiger partial charge in [0.2, 0.25) is 11.6 Å². The van der Waals surface area contributed by atoms with Gasteiger partial charge in [-0.25, -0.2) is 43.9 Å². The Kier molecular flexibility index (Phi) is 8.28. The number of hydrogen-bond acceptors (Lipinski definition) is 1. The van der Waals surface area contributed by atoms with Gasteiger partial charge in [-0.2, -0.15) is 0 Å². The minimum Gasteiger partial charge on any atom is -0.317 e. The minimum absolute atomic E-state index is 1.10. The molecule has 28 heavy (non-hydrogen) atoms. The van der Waals surface area contributed by atoms with Gasteiger partial charge in [-0.05, 0) is 19.5 Å². The average Bonchev–Trinajstić information content (AvgIpc) is 2.69. The zero-order chi connectivity index (χ0) is 21.8. The van der Waals surface area contributed by atoms with E-state index in [0.29, 0.717) is 0 Å². The van der Waals surface area contributed by atoms with Gasteiger partial charge in [-0.15, -0.1) is 0 Å². The van der Waals surface area contributed by atoms with Crippen molar-refractivity contribution in [1.29, 1.82) is 0 Å². The monoisotopic (exact) mass is 421 g/mol. The van der Waals surface area contributed by atoms with E-state index in [-0.39, 0.29) is 0 Å². The largest absolute Gasteiger partial charge is 0.317 e. The summed E-state index contributed by atoms with van der Waals surface area (Å²) in [6.07, 6.45) is 1.24. The SMILES string of the molecule is CCCNCC.Fc1c(F)c(F)c(-c2c(F)c(F)c(F)c(F)c2F)c(F)c1F. The van der Waals surface area contributed by atoms with E-state index in [2.05, 4.69) is 19.2 Å². The van der Waals surface area contributed by atoms with Gasteiger partial charge in [0.25, 0.3) is 0 Å². The van der Waals surface area contributed by atoms with E-state index in [0.717, 1.165) is 13.1 Å². The average molecular weight is 421 g/mol. The van der Waals surface area contributed by atoms with Gasteiger partial charge in [0.05, 0.1) is 11.1 Å². The molecular formula is C17H13F10N. The lowest BCUT2D eigenvalue weighted by Crippen LogP contribution is -2.12. The van der Waals surface area contributed by atoms with Crippen molar-refractivity contribution in [3.05, 3.63) is 58.2 Å². The van der Waals surface area contributed by atoms with Crippen LogP contribution >= 0.6 is 0 Å². The van der Waals surface area contributed by atoms with Gasteiger partial charge in [0, 0.05) is 0 Å². The number of hydrogen-bond donors (Lipinski definition) is 1. The second-order valence-electron chi connectivity index (χ2n) is 5.24. The van der Waals surface area contributed by atoms with Gasteiger partial charge in [0.1, 0.15) is 0 Å². The first-order valence-corrected chi connectivity index (χ1v) is 7.76. The van der Waals surface area contributed by atoms with E-state index in [9.17, 15) is 43.9 Å². The molecule has 0 aliphatic rings. The zero-order valence-corrected chi connectivity index (χ0v) is 14.4. The second kappa shape index (κ2) is 9.76. The molecule has 0 aliphatic carbocycles. The standard InChI is InChI=1S/C12F10.C5H13N/c13-3-1(4(14)8(18)11(21)7(3)17)2-5(15)9(19)12(22)10(20)6(2)16;1-3-5-6-4-2/h;6H,3-5H2,1-2H3. The van der Waals surface area contributed by atoms with Crippen LogP contribution in [0.5, 0.6) is 0 Å². The lowest BCUT2D eigenvalue weighted by molar-refractivity contribution is 0.370. The molecule has 2 aromatic carbocycles. The van der Waals surface area contributed by atoms with Crippen molar-refractivity contribution in [2.45, 2.75) is 20.3 Å². The predicted octanol–water partition coefficient (Wildman–Crippen LogP) is 5.75. The normalized spacial score (nSPS) is 10.7. The minimum atomic E-state index is -2.68. The third kappa shape index (κ3) is 4.40. The first-order chi connectivity index (χ1) is 13.0. The Labute approximate surface area is 153 Å². The highest BCUT2D eigenvalue weighted by Gasteiger charge is 2.34. The first-order valence-electron chi connectivity index (χ1n) is 7.76. The molecule has 2 aromatic rings. The van der Waals surface area contributed by atoms with E-state index in [1.54, 1.807) is 0 Å². The Morgan fingerprint density at radius 3 is 0.893 bits per heavy atom. The summed E-state index contributed by atoms with van der Waals surface area (Å²) in [5.41, 5.74) is -4.52. The lowest BCUT2D eigenvalue weighted by Gasteiger charge is -2.11. The van der Waals surface area contributed by atoms with Crippen LogP contribution in [0.15, 0.2) is 0 Å². The quantitative estimate of drug-likeness (QED) is 0.287. The third-order valence-electron chi connectivity index (χ3n) is 3.35. The maximum atomic E-state index is 13.4. The summed E-state index contributed by atoms with van der Waals surface area (Å²) < 4.78 is 131.